The van der Waals surface area contributed by atoms with Crippen molar-refractivity contribution in [2.75, 3.05) is 13.7 Å². The van der Waals surface area contributed by atoms with Crippen molar-refractivity contribution >= 4 is 10.9 Å². The summed E-state index contributed by atoms with van der Waals surface area (Å²) >= 11 is 0. The number of rotatable bonds is 3. The van der Waals surface area contributed by atoms with Gasteiger partial charge in [-0.3, -0.25) is 4.90 Å². The third kappa shape index (κ3) is 2.51. The van der Waals surface area contributed by atoms with Gasteiger partial charge in [0.25, 0.3) is 0 Å². The van der Waals surface area contributed by atoms with E-state index in [0.717, 1.165) is 25.3 Å². The van der Waals surface area contributed by atoms with E-state index in [1.165, 1.54) is 27.7 Å². The molecule has 0 fully saturated rings. The Balaban J connectivity index is 1.60. The van der Waals surface area contributed by atoms with Gasteiger partial charge in [0, 0.05) is 35.7 Å². The molecule has 4 rings (SSSR count). The molecule has 2 heterocycles. The minimum Gasteiger partial charge on any atom is -0.497 e. The lowest BCUT2D eigenvalue weighted by atomic mass is 9.97. The highest BCUT2D eigenvalue weighted by Crippen LogP contribution is 2.34. The van der Waals surface area contributed by atoms with E-state index in [9.17, 15) is 0 Å². The van der Waals surface area contributed by atoms with Gasteiger partial charge in [0.1, 0.15) is 5.75 Å². The lowest BCUT2D eigenvalue weighted by molar-refractivity contribution is 0.187. The number of methoxy groups -OCH3 is 1. The van der Waals surface area contributed by atoms with Crippen LogP contribution in [0.2, 0.25) is 0 Å². The van der Waals surface area contributed by atoms with E-state index < -0.39 is 0 Å². The van der Waals surface area contributed by atoms with E-state index in [2.05, 4.69) is 53.2 Å². The molecule has 0 unspecified atom stereocenters. The van der Waals surface area contributed by atoms with Crippen molar-refractivity contribution in [1.29, 1.82) is 0 Å². The number of benzene rings is 2. The maximum Gasteiger partial charge on any atom is 0.118 e. The average Bonchev–Trinajstić information content (AvgIpc) is 2.98. The molecule has 3 nitrogen and oxygen atoms in total. The van der Waals surface area contributed by atoms with Gasteiger partial charge in [-0.15, -0.1) is 0 Å². The van der Waals surface area contributed by atoms with Crippen LogP contribution in [-0.4, -0.2) is 23.5 Å². The van der Waals surface area contributed by atoms with Crippen molar-refractivity contribution in [3.63, 3.8) is 0 Å². The molecular formula is C20H22N2O. The Bertz CT molecular complexity index is 819. The van der Waals surface area contributed by atoms with E-state index in [4.69, 9.17) is 4.74 Å². The van der Waals surface area contributed by atoms with Gasteiger partial charge in [0.15, 0.2) is 0 Å². The van der Waals surface area contributed by atoms with Crippen LogP contribution >= 0.6 is 0 Å². The summed E-state index contributed by atoms with van der Waals surface area (Å²) in [6, 6.07) is 17.4. The number of para-hydroxylation sites is 1. The Hall–Kier alpha value is -2.26. The van der Waals surface area contributed by atoms with Crippen LogP contribution in [0, 0.1) is 0 Å². The largest absolute Gasteiger partial charge is 0.497 e. The van der Waals surface area contributed by atoms with Gasteiger partial charge in [-0.2, -0.15) is 0 Å². The molecule has 1 aromatic heterocycles. The maximum atomic E-state index is 5.24. The number of ether oxygens (including phenoxy) is 1. The third-order valence-corrected chi connectivity index (χ3v) is 5.01. The standard InChI is InChI=1S/C20H22N2O/c1-14-20-18(17-5-3-4-6-19(17)21-20)11-12-22(14)13-15-7-9-16(23-2)10-8-15/h3-10,14,21H,11-13H2,1-2H3/t14-/m1/s1. The Morgan fingerprint density at radius 1 is 1.13 bits per heavy atom. The summed E-state index contributed by atoms with van der Waals surface area (Å²) in [6.07, 6.45) is 1.11. The molecule has 23 heavy (non-hydrogen) atoms. The van der Waals surface area contributed by atoms with Crippen molar-refractivity contribution in [3.05, 3.63) is 65.4 Å². The number of hydrogen-bond acceptors (Lipinski definition) is 2. The fourth-order valence-electron chi connectivity index (χ4n) is 3.66. The molecular weight excluding hydrogens is 284 g/mol. The summed E-state index contributed by atoms with van der Waals surface area (Å²) < 4.78 is 5.24. The zero-order chi connectivity index (χ0) is 15.8. The fourth-order valence-corrected chi connectivity index (χ4v) is 3.66. The number of nitrogens with one attached hydrogen (secondary N) is 1. The van der Waals surface area contributed by atoms with Gasteiger partial charge in [-0.25, -0.2) is 0 Å². The Labute approximate surface area is 136 Å². The van der Waals surface area contributed by atoms with E-state index in [1.807, 2.05) is 12.1 Å². The van der Waals surface area contributed by atoms with Crippen molar-refractivity contribution < 1.29 is 4.74 Å². The quantitative estimate of drug-likeness (QED) is 0.781. The lowest BCUT2D eigenvalue weighted by Gasteiger charge is -2.33. The van der Waals surface area contributed by atoms with Gasteiger partial charge >= 0.3 is 0 Å². The Morgan fingerprint density at radius 3 is 2.70 bits per heavy atom. The first-order valence-corrected chi connectivity index (χ1v) is 8.22. The van der Waals surface area contributed by atoms with Gasteiger partial charge in [0.2, 0.25) is 0 Å². The first-order chi connectivity index (χ1) is 11.3. The molecule has 0 radical (unpaired) electrons. The van der Waals surface area contributed by atoms with Crippen molar-refractivity contribution in [1.82, 2.24) is 9.88 Å². The number of fused-ring (bicyclic) bond motifs is 3. The van der Waals surface area contributed by atoms with Crippen LogP contribution < -0.4 is 4.74 Å². The van der Waals surface area contributed by atoms with Gasteiger partial charge in [-0.1, -0.05) is 30.3 Å². The topological polar surface area (TPSA) is 28.3 Å². The third-order valence-electron chi connectivity index (χ3n) is 5.01. The maximum absolute atomic E-state index is 5.24. The molecule has 0 saturated heterocycles. The molecule has 0 spiro atoms. The van der Waals surface area contributed by atoms with Crippen molar-refractivity contribution in [2.45, 2.75) is 25.9 Å². The average molecular weight is 306 g/mol. The van der Waals surface area contributed by atoms with E-state index in [0.29, 0.717) is 6.04 Å². The van der Waals surface area contributed by atoms with Crippen LogP contribution in [0.15, 0.2) is 48.5 Å². The number of aromatic nitrogens is 1. The number of H-pyrrole nitrogens is 1. The molecule has 1 aliphatic heterocycles. The summed E-state index contributed by atoms with van der Waals surface area (Å²) in [6.45, 7) is 4.37. The van der Waals surface area contributed by atoms with Crippen LogP contribution in [0.1, 0.15) is 29.8 Å². The lowest BCUT2D eigenvalue weighted by Crippen LogP contribution is -2.33. The number of nitrogens with zero attached hydrogens (tertiary/aromatic N) is 1. The van der Waals surface area contributed by atoms with Crippen LogP contribution in [0.4, 0.5) is 0 Å². The monoisotopic (exact) mass is 306 g/mol. The number of aromatic amines is 1. The fraction of sp³-hybridized carbons (Fsp3) is 0.300. The molecule has 1 N–H and O–H groups in total. The highest BCUT2D eigenvalue weighted by molar-refractivity contribution is 5.85. The van der Waals surface area contributed by atoms with E-state index in [-0.39, 0.29) is 0 Å². The van der Waals surface area contributed by atoms with Gasteiger partial charge < -0.3 is 9.72 Å². The molecule has 3 aromatic rings. The van der Waals surface area contributed by atoms with Crippen LogP contribution in [0.25, 0.3) is 10.9 Å². The smallest absolute Gasteiger partial charge is 0.118 e. The second-order valence-corrected chi connectivity index (χ2v) is 6.31. The minimum atomic E-state index is 0.410. The summed E-state index contributed by atoms with van der Waals surface area (Å²) in [7, 11) is 1.71. The van der Waals surface area contributed by atoms with Crippen molar-refractivity contribution in [3.8, 4) is 5.75 Å². The molecule has 1 aliphatic rings. The first kappa shape index (κ1) is 14.3. The minimum absolute atomic E-state index is 0.410. The second kappa shape index (κ2) is 5.74. The summed E-state index contributed by atoms with van der Waals surface area (Å²) in [5.74, 6) is 0.915. The summed E-state index contributed by atoms with van der Waals surface area (Å²) in [5.41, 5.74) is 5.47. The highest BCUT2D eigenvalue weighted by atomic mass is 16.5. The number of hydrogen-bond donors (Lipinski definition) is 1. The molecule has 0 aliphatic carbocycles. The molecule has 2 aromatic carbocycles. The van der Waals surface area contributed by atoms with E-state index >= 15 is 0 Å². The molecule has 3 heteroatoms. The summed E-state index contributed by atoms with van der Waals surface area (Å²) in [4.78, 5) is 6.18. The van der Waals surface area contributed by atoms with Crippen molar-refractivity contribution in [2.24, 2.45) is 0 Å². The molecule has 1 atom stereocenters. The normalized spacial score (nSPS) is 18.1. The Kier molecular flexibility index (Phi) is 3.58. The zero-order valence-electron chi connectivity index (χ0n) is 13.7. The Morgan fingerprint density at radius 2 is 1.91 bits per heavy atom. The van der Waals surface area contributed by atoms with Crippen LogP contribution in [-0.2, 0) is 13.0 Å². The first-order valence-electron chi connectivity index (χ1n) is 8.22. The summed E-state index contributed by atoms with van der Waals surface area (Å²) in [5, 5.41) is 1.39. The highest BCUT2D eigenvalue weighted by Gasteiger charge is 2.26. The van der Waals surface area contributed by atoms with Gasteiger partial charge in [0.05, 0.1) is 7.11 Å². The molecule has 0 saturated carbocycles. The van der Waals surface area contributed by atoms with Gasteiger partial charge in [-0.05, 0) is 42.7 Å². The second-order valence-electron chi connectivity index (χ2n) is 6.31. The SMILES string of the molecule is COc1ccc(CN2CCc3c([nH]c4ccccc34)[C@H]2C)cc1. The zero-order valence-corrected chi connectivity index (χ0v) is 13.7. The van der Waals surface area contributed by atoms with E-state index in [1.54, 1.807) is 7.11 Å². The predicted molar refractivity (Wildman–Crippen MR) is 93.8 cm³/mol. The van der Waals surface area contributed by atoms with Crippen LogP contribution in [0.5, 0.6) is 5.75 Å². The molecule has 0 amide bonds. The van der Waals surface area contributed by atoms with Crippen LogP contribution in [0.3, 0.4) is 0 Å². The molecule has 0 bridgehead atoms. The predicted octanol–water partition coefficient (Wildman–Crippen LogP) is 4.30. The molecule has 118 valence electrons.